The number of hydrogen-bond donors (Lipinski definition) is 3. The third-order valence-corrected chi connectivity index (χ3v) is 4.73. The van der Waals surface area contributed by atoms with E-state index in [0.717, 1.165) is 36.5 Å². The Balaban J connectivity index is 0.00000450. The van der Waals surface area contributed by atoms with Crippen molar-refractivity contribution in [2.24, 2.45) is 4.99 Å². The molecule has 1 fully saturated rings. The number of piperidine rings is 1. The molecule has 0 atom stereocenters. The fourth-order valence-electron chi connectivity index (χ4n) is 3.20. The van der Waals surface area contributed by atoms with Gasteiger partial charge in [-0.05, 0) is 43.9 Å². The lowest BCUT2D eigenvalue weighted by Gasteiger charge is -2.32. The van der Waals surface area contributed by atoms with E-state index < -0.39 is 0 Å². The molecular formula is C21H34IN5O3. The summed E-state index contributed by atoms with van der Waals surface area (Å²) in [6.07, 6.45) is 2.80. The molecule has 1 aliphatic heterocycles. The molecule has 1 aromatic rings. The molecule has 1 aromatic carbocycles. The first-order chi connectivity index (χ1) is 14.0. The van der Waals surface area contributed by atoms with E-state index in [1.165, 1.54) is 0 Å². The Morgan fingerprint density at radius 1 is 1.23 bits per heavy atom. The molecule has 2 rings (SSSR count). The van der Waals surface area contributed by atoms with Crippen molar-refractivity contribution in [2.45, 2.75) is 52.1 Å². The third kappa shape index (κ3) is 8.76. The number of likely N-dealkylation sites (tertiary alicyclic amines) is 1. The van der Waals surface area contributed by atoms with Crippen LogP contribution in [0.25, 0.3) is 0 Å². The number of halogens is 1. The number of carbonyl (C=O) groups is 2. The number of amides is 2. The van der Waals surface area contributed by atoms with E-state index in [4.69, 9.17) is 4.74 Å². The maximum absolute atomic E-state index is 11.8. The van der Waals surface area contributed by atoms with Gasteiger partial charge >= 0.3 is 6.09 Å². The lowest BCUT2D eigenvalue weighted by Crippen LogP contribution is -2.49. The van der Waals surface area contributed by atoms with Gasteiger partial charge in [0.15, 0.2) is 5.96 Å². The predicted octanol–water partition coefficient (Wildman–Crippen LogP) is 3.33. The van der Waals surface area contributed by atoms with Gasteiger partial charge in [-0.3, -0.25) is 9.79 Å². The van der Waals surface area contributed by atoms with Crippen LogP contribution < -0.4 is 16.0 Å². The van der Waals surface area contributed by atoms with Gasteiger partial charge in [-0.2, -0.15) is 0 Å². The van der Waals surface area contributed by atoms with E-state index >= 15 is 0 Å². The minimum Gasteiger partial charge on any atom is -0.450 e. The Bertz CT molecular complexity index is 706. The number of guanidine groups is 1. The number of anilines is 1. The Hall–Kier alpha value is -2.04. The summed E-state index contributed by atoms with van der Waals surface area (Å²) in [5.74, 6) is 0.754. The van der Waals surface area contributed by atoms with Gasteiger partial charge in [-0.15, -0.1) is 24.0 Å². The van der Waals surface area contributed by atoms with Crippen molar-refractivity contribution in [1.82, 2.24) is 15.5 Å². The molecule has 1 saturated heterocycles. The number of carbonyl (C=O) groups excluding carboxylic acids is 2. The summed E-state index contributed by atoms with van der Waals surface area (Å²) in [7, 11) is 1.74. The van der Waals surface area contributed by atoms with Gasteiger partial charge < -0.3 is 25.6 Å². The number of aliphatic imine (C=N–C) groups is 1. The standard InChI is InChI=1S/C21H33N5O3.HI/c1-4-7-19(27)24-18-9-6-8-16(14-18)15-23-20(22-3)25-17-10-12-26(13-11-17)21(28)29-5-2;/h6,8-9,14,17H,4-5,7,10-13,15H2,1-3H3,(H,24,27)(H2,22,23,25);1H. The normalized spacial score (nSPS) is 14.5. The Morgan fingerprint density at radius 2 is 1.97 bits per heavy atom. The number of ether oxygens (including phenoxy) is 1. The summed E-state index contributed by atoms with van der Waals surface area (Å²) in [5, 5.41) is 9.65. The molecule has 3 N–H and O–H groups in total. The van der Waals surface area contributed by atoms with Gasteiger partial charge in [0.25, 0.3) is 0 Å². The van der Waals surface area contributed by atoms with Crippen LogP contribution in [-0.4, -0.2) is 55.6 Å². The summed E-state index contributed by atoms with van der Waals surface area (Å²) >= 11 is 0. The number of nitrogens with one attached hydrogen (secondary N) is 3. The highest BCUT2D eigenvalue weighted by Crippen LogP contribution is 2.13. The van der Waals surface area contributed by atoms with Crippen molar-refractivity contribution < 1.29 is 14.3 Å². The highest BCUT2D eigenvalue weighted by atomic mass is 127. The van der Waals surface area contributed by atoms with Gasteiger partial charge in [0.2, 0.25) is 5.91 Å². The van der Waals surface area contributed by atoms with Crippen molar-refractivity contribution in [3.8, 4) is 0 Å². The van der Waals surface area contributed by atoms with Gasteiger partial charge in [0, 0.05) is 44.8 Å². The van der Waals surface area contributed by atoms with Crippen molar-refractivity contribution >= 4 is 47.6 Å². The molecule has 30 heavy (non-hydrogen) atoms. The fourth-order valence-corrected chi connectivity index (χ4v) is 3.20. The first kappa shape index (κ1) is 26.0. The van der Waals surface area contributed by atoms with Crippen LogP contribution in [0, 0.1) is 0 Å². The molecular weight excluding hydrogens is 497 g/mol. The summed E-state index contributed by atoms with van der Waals surface area (Å²) in [5.41, 5.74) is 1.86. The van der Waals surface area contributed by atoms with Crippen LogP contribution in [0.1, 0.15) is 45.1 Å². The van der Waals surface area contributed by atoms with E-state index in [-0.39, 0.29) is 42.0 Å². The first-order valence-corrected chi connectivity index (χ1v) is 10.3. The third-order valence-electron chi connectivity index (χ3n) is 4.73. The van der Waals surface area contributed by atoms with Crippen molar-refractivity contribution in [2.75, 3.05) is 32.1 Å². The number of rotatable bonds is 7. The number of hydrogen-bond acceptors (Lipinski definition) is 4. The van der Waals surface area contributed by atoms with Gasteiger partial charge in [-0.1, -0.05) is 19.1 Å². The lowest BCUT2D eigenvalue weighted by molar-refractivity contribution is -0.116. The molecule has 168 valence electrons. The minimum absolute atomic E-state index is 0. The van der Waals surface area contributed by atoms with Crippen LogP contribution in [0.15, 0.2) is 29.3 Å². The van der Waals surface area contributed by atoms with E-state index in [0.29, 0.717) is 32.7 Å². The van der Waals surface area contributed by atoms with E-state index in [1.54, 1.807) is 11.9 Å². The summed E-state index contributed by atoms with van der Waals surface area (Å²) in [6.45, 7) is 6.14. The number of nitrogens with zero attached hydrogens (tertiary/aromatic N) is 2. The lowest BCUT2D eigenvalue weighted by atomic mass is 10.1. The average molecular weight is 531 g/mol. The van der Waals surface area contributed by atoms with E-state index in [2.05, 4.69) is 20.9 Å². The molecule has 0 unspecified atom stereocenters. The SMILES string of the molecule is CCCC(=O)Nc1cccc(CNC(=NC)NC2CCN(C(=O)OCC)CC2)c1.I. The summed E-state index contributed by atoms with van der Waals surface area (Å²) in [6, 6.07) is 8.05. The van der Waals surface area contributed by atoms with Crippen molar-refractivity contribution in [1.29, 1.82) is 0 Å². The summed E-state index contributed by atoms with van der Waals surface area (Å²) in [4.78, 5) is 29.6. The topological polar surface area (TPSA) is 95.1 Å². The molecule has 0 saturated carbocycles. The first-order valence-electron chi connectivity index (χ1n) is 10.3. The van der Waals surface area contributed by atoms with Crippen LogP contribution in [0.4, 0.5) is 10.5 Å². The maximum Gasteiger partial charge on any atom is 0.409 e. The van der Waals surface area contributed by atoms with Crippen LogP contribution >= 0.6 is 24.0 Å². The molecule has 0 aliphatic carbocycles. The average Bonchev–Trinajstić information content (AvgIpc) is 2.72. The second kappa shape index (κ2) is 14.1. The largest absolute Gasteiger partial charge is 0.450 e. The Labute approximate surface area is 196 Å². The molecule has 0 spiro atoms. The van der Waals surface area contributed by atoms with E-state index in [1.807, 2.05) is 38.1 Å². The molecule has 0 radical (unpaired) electrons. The number of benzene rings is 1. The molecule has 8 nitrogen and oxygen atoms in total. The minimum atomic E-state index is -0.237. The maximum atomic E-state index is 11.8. The zero-order valence-electron chi connectivity index (χ0n) is 18.1. The van der Waals surface area contributed by atoms with Crippen LogP contribution in [0.5, 0.6) is 0 Å². The van der Waals surface area contributed by atoms with Crippen molar-refractivity contribution in [3.63, 3.8) is 0 Å². The van der Waals surface area contributed by atoms with Crippen LogP contribution in [0.2, 0.25) is 0 Å². The monoisotopic (exact) mass is 531 g/mol. The predicted molar refractivity (Wildman–Crippen MR) is 130 cm³/mol. The van der Waals surface area contributed by atoms with Gasteiger partial charge in [-0.25, -0.2) is 4.79 Å². The zero-order chi connectivity index (χ0) is 21.1. The van der Waals surface area contributed by atoms with Crippen molar-refractivity contribution in [3.05, 3.63) is 29.8 Å². The van der Waals surface area contributed by atoms with Gasteiger partial charge in [0.1, 0.15) is 0 Å². The van der Waals surface area contributed by atoms with Crippen LogP contribution in [-0.2, 0) is 16.1 Å². The van der Waals surface area contributed by atoms with Crippen LogP contribution in [0.3, 0.4) is 0 Å². The van der Waals surface area contributed by atoms with Gasteiger partial charge in [0.05, 0.1) is 6.61 Å². The molecule has 1 aliphatic rings. The van der Waals surface area contributed by atoms with E-state index in [9.17, 15) is 9.59 Å². The highest BCUT2D eigenvalue weighted by Gasteiger charge is 2.24. The molecule has 0 bridgehead atoms. The second-order valence-corrected chi connectivity index (χ2v) is 7.03. The summed E-state index contributed by atoms with van der Waals surface area (Å²) < 4.78 is 5.06. The highest BCUT2D eigenvalue weighted by molar-refractivity contribution is 14.0. The molecule has 9 heteroatoms. The molecule has 1 heterocycles. The Morgan fingerprint density at radius 3 is 2.60 bits per heavy atom. The second-order valence-electron chi connectivity index (χ2n) is 7.03. The quantitative estimate of drug-likeness (QED) is 0.285. The smallest absolute Gasteiger partial charge is 0.409 e. The molecule has 2 amide bonds. The molecule has 0 aromatic heterocycles. The Kier molecular flexibility index (Phi) is 12.2. The fraction of sp³-hybridized carbons (Fsp3) is 0.571. The zero-order valence-corrected chi connectivity index (χ0v) is 20.4.